The maximum atomic E-state index is 3.45. The van der Waals surface area contributed by atoms with Crippen molar-refractivity contribution in [3.05, 3.63) is 23.0 Å². The number of allylic oxidation sites excluding steroid dienone is 3. The highest BCUT2D eigenvalue weighted by Gasteiger charge is 2.25. The molecular weight excluding hydrogens is 172 g/mol. The van der Waals surface area contributed by atoms with Crippen molar-refractivity contribution < 1.29 is 0 Å². The molecule has 0 atom stereocenters. The molecule has 0 saturated carbocycles. The molecule has 3 rings (SSSR count). The van der Waals surface area contributed by atoms with Gasteiger partial charge < -0.3 is 10.2 Å². The van der Waals surface area contributed by atoms with Crippen molar-refractivity contribution >= 4 is 0 Å². The minimum Gasteiger partial charge on any atom is -0.346 e. The Morgan fingerprint density at radius 1 is 1.21 bits per heavy atom. The van der Waals surface area contributed by atoms with Crippen LogP contribution in [0.1, 0.15) is 32.1 Å². The minimum absolute atomic E-state index is 1.08. The molecule has 2 aliphatic heterocycles. The van der Waals surface area contributed by atoms with E-state index in [1.807, 2.05) is 0 Å². The molecule has 1 N–H and O–H groups in total. The van der Waals surface area contributed by atoms with Gasteiger partial charge in [0.15, 0.2) is 0 Å². The van der Waals surface area contributed by atoms with Gasteiger partial charge in [0.2, 0.25) is 0 Å². The lowest BCUT2D eigenvalue weighted by atomic mass is 9.90. The topological polar surface area (TPSA) is 15.3 Å². The number of hydrogen-bond acceptors (Lipinski definition) is 2. The maximum Gasteiger partial charge on any atom is 0.0356 e. The van der Waals surface area contributed by atoms with Crippen molar-refractivity contribution in [3.8, 4) is 0 Å². The normalized spacial score (nSPS) is 26.9. The monoisotopic (exact) mass is 190 g/mol. The molecule has 2 heteroatoms. The largest absolute Gasteiger partial charge is 0.346 e. The average molecular weight is 190 g/mol. The summed E-state index contributed by atoms with van der Waals surface area (Å²) in [4.78, 5) is 2.58. The van der Waals surface area contributed by atoms with Crippen LogP contribution >= 0.6 is 0 Å². The third-order valence-electron chi connectivity index (χ3n) is 3.63. The van der Waals surface area contributed by atoms with Gasteiger partial charge in [-0.25, -0.2) is 0 Å². The van der Waals surface area contributed by atoms with E-state index < -0.39 is 0 Å². The third-order valence-corrected chi connectivity index (χ3v) is 3.63. The second-order valence-electron chi connectivity index (χ2n) is 4.49. The molecule has 0 spiro atoms. The SMILES string of the molecule is C1=C2CNCCN2C2=C(C1)CCCC2. The van der Waals surface area contributed by atoms with Crippen molar-refractivity contribution in [2.24, 2.45) is 0 Å². The zero-order chi connectivity index (χ0) is 9.38. The van der Waals surface area contributed by atoms with Crippen LogP contribution in [-0.2, 0) is 0 Å². The van der Waals surface area contributed by atoms with Gasteiger partial charge in [-0.1, -0.05) is 6.08 Å². The zero-order valence-corrected chi connectivity index (χ0v) is 8.68. The Kier molecular flexibility index (Phi) is 2.09. The van der Waals surface area contributed by atoms with Gasteiger partial charge in [-0.15, -0.1) is 0 Å². The van der Waals surface area contributed by atoms with E-state index in [1.54, 1.807) is 11.3 Å². The molecule has 0 aromatic rings. The number of rotatable bonds is 0. The molecular formula is C12H18N2. The lowest BCUT2D eigenvalue weighted by molar-refractivity contribution is 0.329. The highest BCUT2D eigenvalue weighted by molar-refractivity contribution is 5.30. The van der Waals surface area contributed by atoms with Gasteiger partial charge in [0, 0.05) is 31.0 Å². The number of hydrogen-bond donors (Lipinski definition) is 1. The van der Waals surface area contributed by atoms with E-state index in [0.717, 1.165) is 13.1 Å². The number of nitrogens with zero attached hydrogens (tertiary/aromatic N) is 1. The molecule has 1 saturated heterocycles. The molecule has 76 valence electrons. The van der Waals surface area contributed by atoms with Gasteiger partial charge in [0.05, 0.1) is 0 Å². The van der Waals surface area contributed by atoms with E-state index in [1.165, 1.54) is 44.3 Å². The van der Waals surface area contributed by atoms with E-state index >= 15 is 0 Å². The second kappa shape index (κ2) is 3.43. The zero-order valence-electron chi connectivity index (χ0n) is 8.68. The van der Waals surface area contributed by atoms with Crippen molar-refractivity contribution in [1.82, 2.24) is 10.2 Å². The van der Waals surface area contributed by atoms with Crippen LogP contribution in [0.15, 0.2) is 23.0 Å². The fourth-order valence-electron chi connectivity index (χ4n) is 2.88. The molecule has 0 unspecified atom stereocenters. The molecule has 2 nitrogen and oxygen atoms in total. The molecule has 3 aliphatic rings. The fourth-order valence-corrected chi connectivity index (χ4v) is 2.88. The van der Waals surface area contributed by atoms with E-state index in [2.05, 4.69) is 16.3 Å². The van der Waals surface area contributed by atoms with E-state index in [4.69, 9.17) is 0 Å². The van der Waals surface area contributed by atoms with Crippen molar-refractivity contribution in [2.45, 2.75) is 32.1 Å². The summed E-state index contributed by atoms with van der Waals surface area (Å²) in [7, 11) is 0. The van der Waals surface area contributed by atoms with Crippen molar-refractivity contribution in [1.29, 1.82) is 0 Å². The number of fused-ring (bicyclic) bond motifs is 2. The lowest BCUT2D eigenvalue weighted by Gasteiger charge is -2.40. The second-order valence-corrected chi connectivity index (χ2v) is 4.49. The first kappa shape index (κ1) is 8.54. The molecule has 14 heavy (non-hydrogen) atoms. The number of piperazine rings is 1. The van der Waals surface area contributed by atoms with Gasteiger partial charge in [-0.3, -0.25) is 0 Å². The summed E-state index contributed by atoms with van der Waals surface area (Å²) >= 11 is 0. The molecule has 0 aromatic carbocycles. The Bertz CT molecular complexity index is 301. The highest BCUT2D eigenvalue weighted by Crippen LogP contribution is 2.35. The van der Waals surface area contributed by atoms with Crippen LogP contribution in [0.3, 0.4) is 0 Å². The summed E-state index contributed by atoms with van der Waals surface area (Å²) in [6.45, 7) is 3.41. The van der Waals surface area contributed by atoms with Crippen molar-refractivity contribution in [2.75, 3.05) is 19.6 Å². The van der Waals surface area contributed by atoms with Crippen LogP contribution in [0.4, 0.5) is 0 Å². The Labute approximate surface area is 85.7 Å². The summed E-state index contributed by atoms with van der Waals surface area (Å²) in [5.41, 5.74) is 4.93. The summed E-state index contributed by atoms with van der Waals surface area (Å²) in [5.74, 6) is 0. The predicted octanol–water partition coefficient (Wildman–Crippen LogP) is 2.01. The molecule has 0 amide bonds. The first-order chi connectivity index (χ1) is 6.95. The first-order valence-corrected chi connectivity index (χ1v) is 5.83. The fraction of sp³-hybridized carbons (Fsp3) is 0.667. The molecule has 2 heterocycles. The van der Waals surface area contributed by atoms with Gasteiger partial charge in [0.25, 0.3) is 0 Å². The summed E-state index contributed by atoms with van der Waals surface area (Å²) in [6, 6.07) is 0. The molecule has 0 bridgehead atoms. The average Bonchev–Trinajstić information content (AvgIpc) is 2.29. The van der Waals surface area contributed by atoms with Crippen LogP contribution in [0.25, 0.3) is 0 Å². The first-order valence-electron chi connectivity index (χ1n) is 5.83. The van der Waals surface area contributed by atoms with Crippen LogP contribution in [-0.4, -0.2) is 24.5 Å². The molecule has 1 aliphatic carbocycles. The smallest absolute Gasteiger partial charge is 0.0356 e. The minimum atomic E-state index is 1.08. The van der Waals surface area contributed by atoms with E-state index in [9.17, 15) is 0 Å². The summed E-state index contributed by atoms with van der Waals surface area (Å²) in [6.07, 6.45) is 9.14. The lowest BCUT2D eigenvalue weighted by Crippen LogP contribution is -2.43. The van der Waals surface area contributed by atoms with Crippen LogP contribution in [0.5, 0.6) is 0 Å². The number of nitrogens with one attached hydrogen (secondary N) is 1. The van der Waals surface area contributed by atoms with Gasteiger partial charge >= 0.3 is 0 Å². The maximum absolute atomic E-state index is 3.45. The quantitative estimate of drug-likeness (QED) is 0.628. The molecule has 0 aromatic heterocycles. The highest BCUT2D eigenvalue weighted by atomic mass is 15.2. The Balaban J connectivity index is 1.90. The standard InChI is InChI=1S/C12H18N2/c1-2-4-12-10(3-1)5-6-11-9-13-7-8-14(11)12/h6,13H,1-5,7-9H2. The van der Waals surface area contributed by atoms with Crippen LogP contribution in [0, 0.1) is 0 Å². The van der Waals surface area contributed by atoms with Crippen molar-refractivity contribution in [3.63, 3.8) is 0 Å². The predicted molar refractivity (Wildman–Crippen MR) is 57.8 cm³/mol. The Morgan fingerprint density at radius 3 is 3.14 bits per heavy atom. The summed E-state index contributed by atoms with van der Waals surface area (Å²) in [5, 5.41) is 3.45. The molecule has 1 fully saturated rings. The molecule has 0 radical (unpaired) electrons. The third kappa shape index (κ3) is 1.29. The van der Waals surface area contributed by atoms with Crippen LogP contribution < -0.4 is 5.32 Å². The van der Waals surface area contributed by atoms with E-state index in [0.29, 0.717) is 0 Å². The van der Waals surface area contributed by atoms with E-state index in [-0.39, 0.29) is 0 Å². The van der Waals surface area contributed by atoms with Gasteiger partial charge in [-0.2, -0.15) is 0 Å². The van der Waals surface area contributed by atoms with Gasteiger partial charge in [0.1, 0.15) is 0 Å². The Morgan fingerprint density at radius 2 is 2.14 bits per heavy atom. The van der Waals surface area contributed by atoms with Crippen LogP contribution in [0.2, 0.25) is 0 Å². The summed E-state index contributed by atoms with van der Waals surface area (Å²) < 4.78 is 0. The van der Waals surface area contributed by atoms with Gasteiger partial charge in [-0.05, 0) is 37.7 Å². The Hall–Kier alpha value is -0.760.